The van der Waals surface area contributed by atoms with Crippen LogP contribution in [0.1, 0.15) is 38.3 Å². The van der Waals surface area contributed by atoms with E-state index in [0.29, 0.717) is 25.4 Å². The summed E-state index contributed by atoms with van der Waals surface area (Å²) >= 11 is 0. The van der Waals surface area contributed by atoms with Gasteiger partial charge in [-0.3, -0.25) is 0 Å². The van der Waals surface area contributed by atoms with Gasteiger partial charge >= 0.3 is 0 Å². The topological polar surface area (TPSA) is 68.7 Å². The van der Waals surface area contributed by atoms with E-state index in [1.165, 1.54) is 0 Å². The number of sulfonamides is 1. The van der Waals surface area contributed by atoms with Crippen molar-refractivity contribution in [1.29, 1.82) is 0 Å². The third-order valence-electron chi connectivity index (χ3n) is 5.04. The molecule has 1 aliphatic heterocycles. The van der Waals surface area contributed by atoms with Gasteiger partial charge in [0.15, 0.2) is 0 Å². The molecule has 0 N–H and O–H groups in total. The lowest BCUT2D eigenvalue weighted by Crippen LogP contribution is -2.25. The molecule has 1 aliphatic rings. The van der Waals surface area contributed by atoms with Gasteiger partial charge in [0, 0.05) is 30.4 Å². The van der Waals surface area contributed by atoms with Crippen molar-refractivity contribution in [2.45, 2.75) is 39.2 Å². The third-order valence-corrected chi connectivity index (χ3v) is 6.94. The summed E-state index contributed by atoms with van der Waals surface area (Å²) in [5.41, 5.74) is 3.53. The van der Waals surface area contributed by atoms with Crippen LogP contribution in [0.3, 0.4) is 0 Å². The molecule has 2 aromatic rings. The smallest absolute Gasteiger partial charge is 0.221 e. The Morgan fingerprint density at radius 3 is 2.46 bits per heavy atom. The molecule has 7 heteroatoms. The maximum absolute atomic E-state index is 12.4. The zero-order valence-electron chi connectivity index (χ0n) is 17.2. The predicted octanol–water partition coefficient (Wildman–Crippen LogP) is 3.60. The van der Waals surface area contributed by atoms with Gasteiger partial charge in [-0.05, 0) is 47.2 Å². The predicted molar refractivity (Wildman–Crippen MR) is 110 cm³/mol. The summed E-state index contributed by atoms with van der Waals surface area (Å²) in [7, 11) is 0.0197. The zero-order chi connectivity index (χ0) is 20.5. The van der Waals surface area contributed by atoms with E-state index in [9.17, 15) is 8.42 Å². The molecule has 152 valence electrons. The monoisotopic (exact) mass is 404 g/mol. The van der Waals surface area contributed by atoms with Crippen molar-refractivity contribution >= 4 is 10.0 Å². The molecule has 3 rings (SSSR count). The fourth-order valence-corrected chi connectivity index (χ4v) is 5.07. The average molecular weight is 405 g/mol. The minimum atomic E-state index is -3.21. The first-order valence-electron chi connectivity index (χ1n) is 9.36. The lowest BCUT2D eigenvalue weighted by atomic mass is 9.83. The van der Waals surface area contributed by atoms with Crippen LogP contribution in [0.5, 0.6) is 11.6 Å². The van der Waals surface area contributed by atoms with Crippen molar-refractivity contribution in [3.63, 3.8) is 0 Å². The molecule has 1 aromatic heterocycles. The SMILES string of the molecule is COc1cc(CN2CCCS2(=O)=O)c(-c2cccnc2OC)cc1C(C)(C)C. The first kappa shape index (κ1) is 20.6. The van der Waals surface area contributed by atoms with Gasteiger partial charge in [0.1, 0.15) is 5.75 Å². The lowest BCUT2D eigenvalue weighted by molar-refractivity contribution is 0.393. The van der Waals surface area contributed by atoms with Gasteiger partial charge in [0.25, 0.3) is 0 Å². The molecule has 2 heterocycles. The van der Waals surface area contributed by atoms with Crippen molar-refractivity contribution in [3.05, 3.63) is 41.6 Å². The highest BCUT2D eigenvalue weighted by Crippen LogP contribution is 2.40. The van der Waals surface area contributed by atoms with E-state index in [0.717, 1.165) is 28.0 Å². The minimum Gasteiger partial charge on any atom is -0.496 e. The Balaban J connectivity index is 2.21. The summed E-state index contributed by atoms with van der Waals surface area (Å²) in [6.45, 7) is 7.21. The van der Waals surface area contributed by atoms with Crippen molar-refractivity contribution in [2.75, 3.05) is 26.5 Å². The molecule has 0 saturated carbocycles. The van der Waals surface area contributed by atoms with E-state index >= 15 is 0 Å². The summed E-state index contributed by atoms with van der Waals surface area (Å²) in [6.07, 6.45) is 2.34. The van der Waals surface area contributed by atoms with E-state index in [1.54, 1.807) is 24.7 Å². The molecule has 0 aliphatic carbocycles. The van der Waals surface area contributed by atoms with E-state index in [-0.39, 0.29) is 11.2 Å². The molecule has 0 atom stereocenters. The van der Waals surface area contributed by atoms with Gasteiger partial charge in [-0.25, -0.2) is 13.4 Å². The number of pyridine rings is 1. The molecule has 0 bridgehead atoms. The molecule has 0 spiro atoms. The highest BCUT2D eigenvalue weighted by molar-refractivity contribution is 7.89. The molecular weight excluding hydrogens is 376 g/mol. The van der Waals surface area contributed by atoms with Crippen molar-refractivity contribution < 1.29 is 17.9 Å². The number of rotatable bonds is 5. The Kier molecular flexibility index (Phi) is 5.68. The number of ether oxygens (including phenoxy) is 2. The number of hydrogen-bond donors (Lipinski definition) is 0. The van der Waals surface area contributed by atoms with Crippen LogP contribution in [-0.2, 0) is 22.0 Å². The van der Waals surface area contributed by atoms with Gasteiger partial charge in [-0.15, -0.1) is 0 Å². The maximum Gasteiger partial charge on any atom is 0.221 e. The quantitative estimate of drug-likeness (QED) is 0.762. The normalized spacial score (nSPS) is 16.9. The van der Waals surface area contributed by atoms with Crippen LogP contribution < -0.4 is 9.47 Å². The van der Waals surface area contributed by atoms with Crippen molar-refractivity contribution in [2.24, 2.45) is 0 Å². The highest BCUT2D eigenvalue weighted by Gasteiger charge is 2.30. The molecular formula is C21H28N2O4S. The van der Waals surface area contributed by atoms with E-state index < -0.39 is 10.0 Å². The van der Waals surface area contributed by atoms with Crippen LogP contribution >= 0.6 is 0 Å². The molecule has 1 fully saturated rings. The Labute approximate surface area is 167 Å². The van der Waals surface area contributed by atoms with E-state index in [1.807, 2.05) is 18.2 Å². The standard InChI is InChI=1S/C21H28N2O4S/c1-21(2,3)18-13-17(16-8-6-9-22-20(16)27-5)15(12-19(18)26-4)14-23-10-7-11-28(23,24)25/h6,8-9,12-13H,7,10-11,14H2,1-5H3. The van der Waals surface area contributed by atoms with Gasteiger partial charge < -0.3 is 9.47 Å². The molecule has 1 saturated heterocycles. The summed E-state index contributed by atoms with van der Waals surface area (Å²) in [4.78, 5) is 4.32. The van der Waals surface area contributed by atoms with Crippen LogP contribution in [0.15, 0.2) is 30.5 Å². The Morgan fingerprint density at radius 2 is 1.89 bits per heavy atom. The first-order chi connectivity index (χ1) is 13.2. The highest BCUT2D eigenvalue weighted by atomic mass is 32.2. The second-order valence-electron chi connectivity index (χ2n) is 8.02. The second-order valence-corrected chi connectivity index (χ2v) is 10.1. The molecule has 28 heavy (non-hydrogen) atoms. The van der Waals surface area contributed by atoms with Crippen LogP contribution in [0, 0.1) is 0 Å². The molecule has 0 radical (unpaired) electrons. The van der Waals surface area contributed by atoms with Crippen LogP contribution in [0.4, 0.5) is 0 Å². The van der Waals surface area contributed by atoms with Gasteiger partial charge in [-0.1, -0.05) is 20.8 Å². The fraction of sp³-hybridized carbons (Fsp3) is 0.476. The molecule has 0 amide bonds. The molecule has 0 unspecified atom stereocenters. The largest absolute Gasteiger partial charge is 0.496 e. The fourth-order valence-electron chi connectivity index (χ4n) is 3.58. The second kappa shape index (κ2) is 7.72. The average Bonchev–Trinajstić information content (AvgIpc) is 2.98. The summed E-state index contributed by atoms with van der Waals surface area (Å²) in [5, 5.41) is 0. The van der Waals surface area contributed by atoms with Gasteiger partial charge in [0.05, 0.1) is 20.0 Å². The minimum absolute atomic E-state index is 0.145. The van der Waals surface area contributed by atoms with Gasteiger partial charge in [0.2, 0.25) is 15.9 Å². The van der Waals surface area contributed by atoms with Crippen LogP contribution in [-0.4, -0.2) is 44.2 Å². The van der Waals surface area contributed by atoms with Crippen molar-refractivity contribution in [1.82, 2.24) is 9.29 Å². The molecule has 1 aromatic carbocycles. The summed E-state index contributed by atoms with van der Waals surface area (Å²) < 4.78 is 37.4. The number of nitrogens with zero attached hydrogens (tertiary/aromatic N) is 2. The Hall–Kier alpha value is -2.12. The summed E-state index contributed by atoms with van der Waals surface area (Å²) in [6, 6.07) is 7.84. The van der Waals surface area contributed by atoms with Crippen molar-refractivity contribution in [3.8, 4) is 22.8 Å². The maximum atomic E-state index is 12.4. The lowest BCUT2D eigenvalue weighted by Gasteiger charge is -2.26. The summed E-state index contributed by atoms with van der Waals surface area (Å²) in [5.74, 6) is 1.47. The first-order valence-corrected chi connectivity index (χ1v) is 11.0. The van der Waals surface area contributed by atoms with Crippen LogP contribution in [0.2, 0.25) is 0 Å². The van der Waals surface area contributed by atoms with E-state index in [2.05, 4.69) is 31.8 Å². The Bertz CT molecular complexity index is 965. The number of benzene rings is 1. The number of methoxy groups -OCH3 is 2. The van der Waals surface area contributed by atoms with E-state index in [4.69, 9.17) is 9.47 Å². The molecule has 6 nitrogen and oxygen atoms in total. The van der Waals surface area contributed by atoms with Crippen LogP contribution in [0.25, 0.3) is 11.1 Å². The number of aromatic nitrogens is 1. The van der Waals surface area contributed by atoms with Gasteiger partial charge in [-0.2, -0.15) is 4.31 Å². The number of hydrogen-bond acceptors (Lipinski definition) is 5. The zero-order valence-corrected chi connectivity index (χ0v) is 18.0. The third kappa shape index (κ3) is 4.00. The Morgan fingerprint density at radius 1 is 1.14 bits per heavy atom.